The predicted octanol–water partition coefficient (Wildman–Crippen LogP) is 3.37. The summed E-state index contributed by atoms with van der Waals surface area (Å²) in [6, 6.07) is 10.1. The summed E-state index contributed by atoms with van der Waals surface area (Å²) < 4.78 is 40.9. The number of alkyl halides is 3. The van der Waals surface area contributed by atoms with E-state index < -0.39 is 34.9 Å². The summed E-state index contributed by atoms with van der Waals surface area (Å²) in [5.41, 5.74) is -1.49. The molecule has 1 aromatic heterocycles. The summed E-state index contributed by atoms with van der Waals surface area (Å²) in [4.78, 5) is 29.6. The molecule has 0 aliphatic carbocycles. The van der Waals surface area contributed by atoms with Gasteiger partial charge in [0.1, 0.15) is 5.56 Å². The molecule has 1 atom stereocenters. The molecule has 1 fully saturated rings. The van der Waals surface area contributed by atoms with Crippen LogP contribution in [-0.4, -0.2) is 35.2 Å². The lowest BCUT2D eigenvalue weighted by molar-refractivity contribution is -0.136. The molecule has 6 nitrogen and oxygen atoms in total. The van der Waals surface area contributed by atoms with Crippen LogP contribution in [0.1, 0.15) is 22.3 Å². The van der Waals surface area contributed by atoms with Gasteiger partial charge in [-0.05, 0) is 36.8 Å². The van der Waals surface area contributed by atoms with Gasteiger partial charge >= 0.3 is 6.18 Å². The molecule has 0 bridgehead atoms. The van der Waals surface area contributed by atoms with Gasteiger partial charge < -0.3 is 20.3 Å². The maximum absolute atomic E-state index is 13.6. The quantitative estimate of drug-likeness (QED) is 0.610. The molecule has 1 unspecified atom stereocenters. The number of aromatic nitrogens is 1. The molecule has 2 aromatic carbocycles. The SMILES string of the molecule is O=C(Nc1ccc(N2CCC(O)C2)cc1C(F)(F)F)c1c[nH]c2ccccc2c1=O. The number of fused-ring (bicyclic) bond motifs is 1. The monoisotopic (exact) mass is 417 g/mol. The van der Waals surface area contributed by atoms with Gasteiger partial charge in [0, 0.05) is 35.9 Å². The van der Waals surface area contributed by atoms with Gasteiger partial charge in [-0.25, -0.2) is 0 Å². The number of hydrogen-bond donors (Lipinski definition) is 3. The minimum absolute atomic E-state index is 0.246. The van der Waals surface area contributed by atoms with E-state index in [1.807, 2.05) is 0 Å². The second-order valence-electron chi connectivity index (χ2n) is 7.15. The molecule has 2 heterocycles. The van der Waals surface area contributed by atoms with Gasteiger partial charge in [-0.2, -0.15) is 13.2 Å². The van der Waals surface area contributed by atoms with E-state index in [2.05, 4.69) is 10.3 Å². The Kier molecular flexibility index (Phi) is 4.98. The van der Waals surface area contributed by atoms with Crippen LogP contribution in [0.25, 0.3) is 10.9 Å². The summed E-state index contributed by atoms with van der Waals surface area (Å²) >= 11 is 0. The predicted molar refractivity (Wildman–Crippen MR) is 107 cm³/mol. The summed E-state index contributed by atoms with van der Waals surface area (Å²) in [6.07, 6.45) is -3.64. The highest BCUT2D eigenvalue weighted by Gasteiger charge is 2.35. The van der Waals surface area contributed by atoms with Crippen molar-refractivity contribution >= 4 is 28.2 Å². The largest absolute Gasteiger partial charge is 0.418 e. The third-order valence-corrected chi connectivity index (χ3v) is 5.12. The molecule has 9 heteroatoms. The van der Waals surface area contributed by atoms with Gasteiger partial charge in [-0.1, -0.05) is 12.1 Å². The number of β-amino-alcohol motifs (C(OH)–C–C–N with tert-alkyl or cyclic N) is 1. The Balaban J connectivity index is 1.68. The molecular weight excluding hydrogens is 399 g/mol. The van der Waals surface area contributed by atoms with Gasteiger partial charge in [0.15, 0.2) is 0 Å². The average Bonchev–Trinajstić information content (AvgIpc) is 3.14. The van der Waals surface area contributed by atoms with Crippen LogP contribution in [0, 0.1) is 0 Å². The number of aliphatic hydroxyl groups is 1. The van der Waals surface area contributed by atoms with E-state index in [-0.39, 0.29) is 17.5 Å². The molecule has 3 aromatic rings. The second-order valence-corrected chi connectivity index (χ2v) is 7.15. The number of carbonyl (C=O) groups excluding carboxylic acids is 1. The molecular formula is C21H18F3N3O3. The van der Waals surface area contributed by atoms with Crippen molar-refractivity contribution in [3.8, 4) is 0 Å². The normalized spacial score (nSPS) is 16.8. The number of pyridine rings is 1. The number of hydrogen-bond acceptors (Lipinski definition) is 4. The van der Waals surface area contributed by atoms with Crippen molar-refractivity contribution in [2.75, 3.05) is 23.3 Å². The topological polar surface area (TPSA) is 85.4 Å². The van der Waals surface area contributed by atoms with Crippen molar-refractivity contribution in [1.82, 2.24) is 4.98 Å². The molecule has 4 rings (SSSR count). The van der Waals surface area contributed by atoms with Crippen LogP contribution in [0.5, 0.6) is 0 Å². The minimum Gasteiger partial charge on any atom is -0.391 e. The zero-order chi connectivity index (χ0) is 21.5. The van der Waals surface area contributed by atoms with Crippen LogP contribution in [-0.2, 0) is 6.18 Å². The standard InChI is InChI=1S/C21H18F3N3O3/c22-21(23,24)16-9-12(27-8-7-13(28)11-27)5-6-18(16)26-20(30)15-10-25-17-4-2-1-3-14(17)19(15)29/h1-6,9-10,13,28H,7-8,11H2,(H,25,29)(H,26,30). The van der Waals surface area contributed by atoms with Gasteiger partial charge in [-0.15, -0.1) is 0 Å². The fourth-order valence-electron chi connectivity index (χ4n) is 3.57. The van der Waals surface area contributed by atoms with Crippen molar-refractivity contribution < 1.29 is 23.1 Å². The lowest BCUT2D eigenvalue weighted by atomic mass is 10.1. The van der Waals surface area contributed by atoms with E-state index in [9.17, 15) is 27.9 Å². The number of aliphatic hydroxyl groups excluding tert-OH is 1. The number of H-pyrrole nitrogens is 1. The Labute approximate surface area is 168 Å². The fraction of sp³-hybridized carbons (Fsp3) is 0.238. The van der Waals surface area contributed by atoms with E-state index in [1.54, 1.807) is 23.1 Å². The Morgan fingerprint density at radius 1 is 1.20 bits per heavy atom. The number of carbonyl (C=O) groups is 1. The first kappa shape index (κ1) is 20.0. The number of aromatic amines is 1. The summed E-state index contributed by atoms with van der Waals surface area (Å²) in [7, 11) is 0. The van der Waals surface area contributed by atoms with Crippen LogP contribution < -0.4 is 15.6 Å². The minimum atomic E-state index is -4.72. The first-order valence-electron chi connectivity index (χ1n) is 9.30. The van der Waals surface area contributed by atoms with E-state index in [1.165, 1.54) is 18.3 Å². The maximum Gasteiger partial charge on any atom is 0.418 e. The number of nitrogens with zero attached hydrogens (tertiary/aromatic N) is 1. The van der Waals surface area contributed by atoms with Gasteiger partial charge in [0.25, 0.3) is 5.91 Å². The fourth-order valence-corrected chi connectivity index (χ4v) is 3.57. The van der Waals surface area contributed by atoms with Gasteiger partial charge in [-0.3, -0.25) is 9.59 Å². The summed E-state index contributed by atoms with van der Waals surface area (Å²) in [5.74, 6) is -0.933. The van der Waals surface area contributed by atoms with Crippen molar-refractivity contribution in [1.29, 1.82) is 0 Å². The Morgan fingerprint density at radius 2 is 1.97 bits per heavy atom. The summed E-state index contributed by atoms with van der Waals surface area (Å²) in [5, 5.41) is 12.1. The lowest BCUT2D eigenvalue weighted by Crippen LogP contribution is -2.24. The van der Waals surface area contributed by atoms with Crippen LogP contribution in [0.3, 0.4) is 0 Å². The van der Waals surface area contributed by atoms with Crippen LogP contribution in [0.2, 0.25) is 0 Å². The molecule has 30 heavy (non-hydrogen) atoms. The Bertz CT molecular complexity index is 1170. The third kappa shape index (κ3) is 3.76. The van der Waals surface area contributed by atoms with Crippen LogP contribution in [0.4, 0.5) is 24.5 Å². The number of nitrogens with one attached hydrogen (secondary N) is 2. The molecule has 0 radical (unpaired) electrons. The highest BCUT2D eigenvalue weighted by Crippen LogP contribution is 2.38. The van der Waals surface area contributed by atoms with E-state index in [0.29, 0.717) is 24.2 Å². The van der Waals surface area contributed by atoms with E-state index in [0.717, 1.165) is 12.1 Å². The molecule has 156 valence electrons. The molecule has 1 aliphatic rings. The smallest absolute Gasteiger partial charge is 0.391 e. The molecule has 1 aliphatic heterocycles. The van der Waals surface area contributed by atoms with Gasteiger partial charge in [0.05, 0.1) is 17.4 Å². The van der Waals surface area contributed by atoms with E-state index >= 15 is 0 Å². The first-order chi connectivity index (χ1) is 14.2. The number of amides is 1. The number of halogens is 3. The van der Waals surface area contributed by atoms with Crippen molar-refractivity contribution in [3.05, 3.63) is 70.0 Å². The Morgan fingerprint density at radius 3 is 2.67 bits per heavy atom. The second kappa shape index (κ2) is 7.49. The lowest BCUT2D eigenvalue weighted by Gasteiger charge is -2.21. The number of para-hydroxylation sites is 1. The highest BCUT2D eigenvalue weighted by molar-refractivity contribution is 6.06. The number of benzene rings is 2. The maximum atomic E-state index is 13.6. The molecule has 1 saturated heterocycles. The number of anilines is 2. The van der Waals surface area contributed by atoms with Gasteiger partial charge in [0.2, 0.25) is 5.43 Å². The third-order valence-electron chi connectivity index (χ3n) is 5.12. The van der Waals surface area contributed by atoms with Crippen LogP contribution in [0.15, 0.2) is 53.5 Å². The van der Waals surface area contributed by atoms with Crippen molar-refractivity contribution in [2.45, 2.75) is 18.7 Å². The average molecular weight is 417 g/mol. The zero-order valence-corrected chi connectivity index (χ0v) is 15.7. The Hall–Kier alpha value is -3.33. The van der Waals surface area contributed by atoms with Crippen molar-refractivity contribution in [3.63, 3.8) is 0 Å². The first-order valence-corrected chi connectivity index (χ1v) is 9.30. The molecule has 1 amide bonds. The molecule has 3 N–H and O–H groups in total. The molecule has 0 spiro atoms. The van der Waals surface area contributed by atoms with Crippen LogP contribution >= 0.6 is 0 Å². The highest BCUT2D eigenvalue weighted by atomic mass is 19.4. The number of rotatable bonds is 3. The zero-order valence-electron chi connectivity index (χ0n) is 15.7. The van der Waals surface area contributed by atoms with E-state index in [4.69, 9.17) is 0 Å². The summed E-state index contributed by atoms with van der Waals surface area (Å²) in [6.45, 7) is 0.687. The van der Waals surface area contributed by atoms with Crippen molar-refractivity contribution in [2.24, 2.45) is 0 Å². The molecule has 0 saturated carbocycles.